The molecule has 0 spiro atoms. The van der Waals surface area contributed by atoms with E-state index in [1.54, 1.807) is 22.3 Å². The summed E-state index contributed by atoms with van der Waals surface area (Å²) in [6.45, 7) is 24.7. The first-order valence-electron chi connectivity index (χ1n) is 26.0. The molecule has 0 N–H and O–H groups in total. The SMILES string of the molecule is CCCCCCc1cc(-c2sc([Si](C)(C)OCC)cc2CCCCCC)sc1-c1ccc(-c2ccc(-c3sc(-c4sc([Si](C)(C)OCC)cc4CCCCCC)cc3CCCCCC)s2)s1. The van der Waals surface area contributed by atoms with Gasteiger partial charge in [-0.15, -0.1) is 68.0 Å². The Labute approximate surface area is 427 Å². The minimum Gasteiger partial charge on any atom is -0.412 e. The molecule has 10 heteroatoms. The molecule has 6 heterocycles. The molecule has 0 saturated heterocycles. The molecule has 0 bridgehead atoms. The second-order valence-corrected chi connectivity index (χ2v) is 34.1. The lowest BCUT2D eigenvalue weighted by atomic mass is 10.0. The second-order valence-electron chi connectivity index (χ2n) is 19.3. The molecule has 0 aliphatic heterocycles. The maximum atomic E-state index is 6.46. The minimum atomic E-state index is -1.96. The highest BCUT2D eigenvalue weighted by Crippen LogP contribution is 2.49. The van der Waals surface area contributed by atoms with Gasteiger partial charge in [0.15, 0.2) is 0 Å². The third kappa shape index (κ3) is 14.3. The third-order valence-corrected chi connectivity index (χ3v) is 28.6. The van der Waals surface area contributed by atoms with Crippen molar-refractivity contribution < 1.29 is 8.85 Å². The first-order valence-corrected chi connectivity index (χ1v) is 36.7. The van der Waals surface area contributed by atoms with E-state index in [4.69, 9.17) is 8.85 Å². The summed E-state index contributed by atoms with van der Waals surface area (Å²) in [6.07, 6.45) is 25.3. The van der Waals surface area contributed by atoms with Gasteiger partial charge in [-0.1, -0.05) is 105 Å². The van der Waals surface area contributed by atoms with Crippen molar-refractivity contribution >= 4 is 93.7 Å². The Morgan fingerprint density at radius 2 is 0.636 bits per heavy atom. The summed E-state index contributed by atoms with van der Waals surface area (Å²) in [5, 5.41) is 0. The van der Waals surface area contributed by atoms with Crippen molar-refractivity contribution in [2.24, 2.45) is 0 Å². The highest BCUT2D eigenvalue weighted by atomic mass is 32.1. The predicted octanol–water partition coefficient (Wildman–Crippen LogP) is 19.8. The van der Waals surface area contributed by atoms with Gasteiger partial charge in [-0.2, -0.15) is 0 Å². The largest absolute Gasteiger partial charge is 0.412 e. The van der Waals surface area contributed by atoms with Gasteiger partial charge < -0.3 is 8.85 Å². The average molecular weight is 1040 g/mol. The van der Waals surface area contributed by atoms with Crippen LogP contribution in [0.15, 0.2) is 48.5 Å². The fourth-order valence-corrected chi connectivity index (χ4v) is 21.8. The van der Waals surface area contributed by atoms with Crippen molar-refractivity contribution in [2.75, 3.05) is 13.2 Å². The molecule has 6 aromatic heterocycles. The Balaban J connectivity index is 1.34. The van der Waals surface area contributed by atoms with Crippen LogP contribution in [0.1, 0.15) is 167 Å². The van der Waals surface area contributed by atoms with Crippen molar-refractivity contribution in [3.8, 4) is 48.8 Å². The maximum absolute atomic E-state index is 6.46. The maximum Gasteiger partial charge on any atom is 0.228 e. The zero-order chi connectivity index (χ0) is 47.1. The van der Waals surface area contributed by atoms with Crippen LogP contribution in [0.5, 0.6) is 0 Å². The van der Waals surface area contributed by atoms with Crippen LogP contribution in [0.2, 0.25) is 26.2 Å². The molecule has 0 aliphatic rings. The van der Waals surface area contributed by atoms with E-state index in [1.165, 1.54) is 173 Å². The van der Waals surface area contributed by atoms with E-state index in [2.05, 4.69) is 139 Å². The average Bonchev–Trinajstić information content (AvgIpc) is 4.15. The van der Waals surface area contributed by atoms with Gasteiger partial charge in [-0.25, -0.2) is 0 Å². The first kappa shape index (κ1) is 53.9. The molecule has 66 heavy (non-hydrogen) atoms. The molecular weight excluding hydrogens is 953 g/mol. The summed E-state index contributed by atoms with van der Waals surface area (Å²) < 4.78 is 15.9. The first-order chi connectivity index (χ1) is 32.0. The quantitative estimate of drug-likeness (QED) is 0.0319. The van der Waals surface area contributed by atoms with Crippen LogP contribution in [-0.2, 0) is 34.5 Å². The van der Waals surface area contributed by atoms with Crippen molar-refractivity contribution in [2.45, 2.75) is 196 Å². The van der Waals surface area contributed by atoms with E-state index in [1.807, 2.05) is 45.3 Å². The molecule has 2 nitrogen and oxygen atoms in total. The summed E-state index contributed by atoms with van der Waals surface area (Å²) in [4.78, 5) is 14.6. The summed E-state index contributed by atoms with van der Waals surface area (Å²) >= 11 is 12.2. The predicted molar refractivity (Wildman–Crippen MR) is 310 cm³/mol. The molecule has 0 amide bonds. The molecule has 0 radical (unpaired) electrons. The van der Waals surface area contributed by atoms with Crippen LogP contribution in [-0.4, -0.2) is 29.8 Å². The van der Waals surface area contributed by atoms with Gasteiger partial charge in [0.25, 0.3) is 0 Å². The van der Waals surface area contributed by atoms with E-state index in [0.717, 1.165) is 26.1 Å². The number of unbranched alkanes of at least 4 members (excludes halogenated alkanes) is 12. The van der Waals surface area contributed by atoms with Crippen LogP contribution >= 0.6 is 68.0 Å². The summed E-state index contributed by atoms with van der Waals surface area (Å²) in [5.74, 6) is 0. The summed E-state index contributed by atoms with van der Waals surface area (Å²) in [7, 11) is -3.92. The van der Waals surface area contributed by atoms with Gasteiger partial charge in [0.05, 0.1) is 0 Å². The summed E-state index contributed by atoms with van der Waals surface area (Å²) in [6, 6.07) is 20.0. The van der Waals surface area contributed by atoms with E-state index >= 15 is 0 Å². The second kappa shape index (κ2) is 26.7. The third-order valence-electron chi connectivity index (χ3n) is 13.0. The van der Waals surface area contributed by atoms with Crippen molar-refractivity contribution in [3.05, 3.63) is 70.8 Å². The highest BCUT2D eigenvalue weighted by Gasteiger charge is 2.31. The number of rotatable bonds is 31. The Morgan fingerprint density at radius 1 is 0.333 bits per heavy atom. The lowest BCUT2D eigenvalue weighted by Gasteiger charge is -2.20. The summed E-state index contributed by atoms with van der Waals surface area (Å²) in [5.41, 5.74) is 6.20. The monoisotopic (exact) mass is 1030 g/mol. The Morgan fingerprint density at radius 3 is 0.955 bits per heavy atom. The van der Waals surface area contributed by atoms with Crippen molar-refractivity contribution in [1.82, 2.24) is 0 Å². The standard InChI is InChI=1S/C56H82O2S6Si2/c1-11-17-21-25-29-41-37-49(55-43(31-27-23-19-13-3)39-51(63-55)65(7,8)57-15-5)61-53(41)47-35-33-45(59-47)46-34-36-48(60-46)54-42(30-26-22-18-12-2)38-50(62-54)56-44(32-28-24-20-14-4)40-52(64-56)66(9,10)58-16-6/h33-40H,11-32H2,1-10H3. The smallest absolute Gasteiger partial charge is 0.228 e. The number of hydrogen-bond acceptors (Lipinski definition) is 8. The van der Waals surface area contributed by atoms with Gasteiger partial charge in [-0.3, -0.25) is 0 Å². The molecule has 0 saturated carbocycles. The zero-order valence-electron chi connectivity index (χ0n) is 42.4. The topological polar surface area (TPSA) is 18.5 Å². The van der Waals surface area contributed by atoms with E-state index in [0.29, 0.717) is 0 Å². The van der Waals surface area contributed by atoms with Crippen molar-refractivity contribution in [1.29, 1.82) is 0 Å². The van der Waals surface area contributed by atoms with Crippen LogP contribution in [0, 0.1) is 0 Å². The minimum absolute atomic E-state index is 0.787. The van der Waals surface area contributed by atoms with E-state index in [-0.39, 0.29) is 0 Å². The zero-order valence-corrected chi connectivity index (χ0v) is 49.3. The van der Waals surface area contributed by atoms with Gasteiger partial charge >= 0.3 is 0 Å². The highest BCUT2D eigenvalue weighted by molar-refractivity contribution is 7.33. The molecule has 6 rings (SSSR count). The van der Waals surface area contributed by atoms with Gasteiger partial charge in [0.2, 0.25) is 16.6 Å². The number of thiophene rings is 6. The van der Waals surface area contributed by atoms with Gasteiger partial charge in [-0.05, 0) is 162 Å². The Bertz CT molecular complexity index is 2180. The van der Waals surface area contributed by atoms with Crippen LogP contribution < -0.4 is 9.00 Å². The molecule has 0 atom stereocenters. The molecule has 0 fully saturated rings. The molecule has 6 aromatic rings. The Kier molecular flexibility index (Phi) is 21.8. The number of hydrogen-bond donors (Lipinski definition) is 0. The molecule has 362 valence electrons. The molecular formula is C56H82O2S6Si2. The van der Waals surface area contributed by atoms with E-state index in [9.17, 15) is 0 Å². The molecule has 0 aliphatic carbocycles. The van der Waals surface area contributed by atoms with Crippen molar-refractivity contribution in [3.63, 3.8) is 0 Å². The van der Waals surface area contributed by atoms with E-state index < -0.39 is 16.6 Å². The fraction of sp³-hybridized carbons (Fsp3) is 0.571. The normalized spacial score (nSPS) is 12.3. The number of aryl methyl sites for hydroxylation is 4. The molecule has 0 unspecified atom stereocenters. The molecule has 0 aromatic carbocycles. The lowest BCUT2D eigenvalue weighted by Crippen LogP contribution is -2.42. The van der Waals surface area contributed by atoms with Crippen LogP contribution in [0.4, 0.5) is 0 Å². The Hall–Kier alpha value is -1.45. The van der Waals surface area contributed by atoms with Crippen LogP contribution in [0.3, 0.4) is 0 Å². The van der Waals surface area contributed by atoms with Gasteiger partial charge in [0.1, 0.15) is 0 Å². The lowest BCUT2D eigenvalue weighted by molar-refractivity contribution is 0.339. The van der Waals surface area contributed by atoms with Gasteiger partial charge in [0, 0.05) is 71.0 Å². The van der Waals surface area contributed by atoms with Crippen LogP contribution in [0.25, 0.3) is 48.8 Å². The fourth-order valence-electron chi connectivity index (χ4n) is 9.13.